The van der Waals surface area contributed by atoms with Crippen molar-refractivity contribution in [3.8, 4) is 0 Å². The fourth-order valence-electron chi connectivity index (χ4n) is 1.53. The molecular weight excluding hydrogens is 288 g/mol. The van der Waals surface area contributed by atoms with E-state index in [1.807, 2.05) is 30.3 Å². The van der Waals surface area contributed by atoms with Gasteiger partial charge in [-0.3, -0.25) is 15.5 Å². The maximum atomic E-state index is 10.5. The van der Waals surface area contributed by atoms with Crippen molar-refractivity contribution >= 4 is 34.9 Å². The Morgan fingerprint density at radius 3 is 2.43 bits per heavy atom. The average Bonchev–Trinajstić information content (AvgIpc) is 2.49. The first-order valence-electron chi connectivity index (χ1n) is 6.05. The summed E-state index contributed by atoms with van der Waals surface area (Å²) < 4.78 is 0. The number of nitro groups is 1. The summed E-state index contributed by atoms with van der Waals surface area (Å²) in [5.74, 6) is 0. The standard InChI is InChI=1S/C14H12N4O2S/c19-18(20)13-8-6-11(7-9-13)10-15-17-14(21)16-12-4-2-1-3-5-12/h1-10H,(H2,16,17,21)/b15-10-. The number of thiocarbonyl (C=S) groups is 1. The van der Waals surface area contributed by atoms with Crippen molar-refractivity contribution in [3.05, 3.63) is 70.3 Å². The van der Waals surface area contributed by atoms with Crippen LogP contribution in [-0.4, -0.2) is 16.3 Å². The fourth-order valence-corrected chi connectivity index (χ4v) is 1.70. The molecule has 0 atom stereocenters. The van der Waals surface area contributed by atoms with Crippen LogP contribution >= 0.6 is 12.2 Å². The molecule has 0 saturated carbocycles. The predicted octanol–water partition coefficient (Wildman–Crippen LogP) is 2.92. The first-order valence-corrected chi connectivity index (χ1v) is 6.45. The van der Waals surface area contributed by atoms with E-state index >= 15 is 0 Å². The fraction of sp³-hybridized carbons (Fsp3) is 0. The normalized spacial score (nSPS) is 10.3. The van der Waals surface area contributed by atoms with Crippen LogP contribution in [0, 0.1) is 10.1 Å². The topological polar surface area (TPSA) is 79.6 Å². The molecule has 0 amide bonds. The van der Waals surface area contributed by atoms with Crippen LogP contribution in [0.4, 0.5) is 11.4 Å². The number of hydrazone groups is 1. The Kier molecular flexibility index (Phi) is 4.94. The molecule has 2 rings (SSSR count). The van der Waals surface area contributed by atoms with E-state index in [2.05, 4.69) is 15.8 Å². The van der Waals surface area contributed by atoms with Crippen molar-refractivity contribution < 1.29 is 4.92 Å². The van der Waals surface area contributed by atoms with Crippen LogP contribution in [0.2, 0.25) is 0 Å². The number of hydrogen-bond donors (Lipinski definition) is 2. The van der Waals surface area contributed by atoms with Crippen LogP contribution in [0.5, 0.6) is 0 Å². The molecule has 0 aliphatic rings. The molecule has 0 unspecified atom stereocenters. The summed E-state index contributed by atoms with van der Waals surface area (Å²) in [5, 5.41) is 17.8. The number of hydrogen-bond acceptors (Lipinski definition) is 4. The third-order valence-electron chi connectivity index (χ3n) is 2.52. The molecule has 6 nitrogen and oxygen atoms in total. The summed E-state index contributed by atoms with van der Waals surface area (Å²) in [6.07, 6.45) is 1.53. The Morgan fingerprint density at radius 1 is 1.14 bits per heavy atom. The van der Waals surface area contributed by atoms with Gasteiger partial charge >= 0.3 is 0 Å². The minimum Gasteiger partial charge on any atom is -0.331 e. The van der Waals surface area contributed by atoms with Gasteiger partial charge in [-0.05, 0) is 42.0 Å². The van der Waals surface area contributed by atoms with Gasteiger partial charge in [0.15, 0.2) is 5.11 Å². The zero-order chi connectivity index (χ0) is 15.1. The van der Waals surface area contributed by atoms with Gasteiger partial charge in [-0.25, -0.2) is 0 Å². The first-order chi connectivity index (χ1) is 10.1. The third kappa shape index (κ3) is 4.66. The molecule has 0 aromatic heterocycles. The highest BCUT2D eigenvalue weighted by atomic mass is 32.1. The number of non-ortho nitro benzene ring substituents is 1. The predicted molar refractivity (Wildman–Crippen MR) is 86.5 cm³/mol. The summed E-state index contributed by atoms with van der Waals surface area (Å²) in [4.78, 5) is 10.1. The SMILES string of the molecule is O=[N+]([O-])c1ccc(/C=N\NC(=S)Nc2ccccc2)cc1. The van der Waals surface area contributed by atoms with Crippen molar-refractivity contribution in [1.29, 1.82) is 0 Å². The van der Waals surface area contributed by atoms with Crippen molar-refractivity contribution in [2.24, 2.45) is 5.10 Å². The number of para-hydroxylation sites is 1. The number of anilines is 1. The summed E-state index contributed by atoms with van der Waals surface area (Å²) >= 11 is 5.08. The molecule has 0 saturated heterocycles. The van der Waals surface area contributed by atoms with Crippen LogP contribution in [-0.2, 0) is 0 Å². The molecule has 0 bridgehead atoms. The van der Waals surface area contributed by atoms with Gasteiger partial charge in [0.25, 0.3) is 5.69 Å². The molecule has 2 N–H and O–H groups in total. The van der Waals surface area contributed by atoms with Gasteiger partial charge in [-0.2, -0.15) is 5.10 Å². The van der Waals surface area contributed by atoms with Gasteiger partial charge in [0.1, 0.15) is 0 Å². The second-order valence-electron chi connectivity index (χ2n) is 4.04. The van der Waals surface area contributed by atoms with Gasteiger partial charge in [0.05, 0.1) is 11.1 Å². The summed E-state index contributed by atoms with van der Waals surface area (Å²) in [5.41, 5.74) is 4.31. The minimum absolute atomic E-state index is 0.0429. The number of nitrogens with zero attached hydrogens (tertiary/aromatic N) is 2. The molecule has 0 radical (unpaired) electrons. The van der Waals surface area contributed by atoms with E-state index in [1.165, 1.54) is 18.3 Å². The van der Waals surface area contributed by atoms with Crippen molar-refractivity contribution in [2.75, 3.05) is 5.32 Å². The highest BCUT2D eigenvalue weighted by Gasteiger charge is 2.02. The van der Waals surface area contributed by atoms with Gasteiger partial charge in [0, 0.05) is 17.8 Å². The van der Waals surface area contributed by atoms with Crippen LogP contribution in [0.25, 0.3) is 0 Å². The quantitative estimate of drug-likeness (QED) is 0.393. The molecule has 0 spiro atoms. The number of rotatable bonds is 4. The zero-order valence-corrected chi connectivity index (χ0v) is 11.7. The third-order valence-corrected chi connectivity index (χ3v) is 2.71. The molecule has 0 heterocycles. The second kappa shape index (κ2) is 7.11. The van der Waals surface area contributed by atoms with Gasteiger partial charge in [0.2, 0.25) is 0 Å². The number of nitro benzene ring substituents is 1. The average molecular weight is 300 g/mol. The Morgan fingerprint density at radius 2 is 1.81 bits per heavy atom. The van der Waals surface area contributed by atoms with Crippen molar-refractivity contribution in [2.45, 2.75) is 0 Å². The molecule has 7 heteroatoms. The van der Waals surface area contributed by atoms with Gasteiger partial charge in [-0.15, -0.1) is 0 Å². The monoisotopic (exact) mass is 300 g/mol. The van der Waals surface area contributed by atoms with E-state index in [0.717, 1.165) is 11.3 Å². The van der Waals surface area contributed by atoms with Crippen molar-refractivity contribution in [1.82, 2.24) is 5.43 Å². The highest BCUT2D eigenvalue weighted by molar-refractivity contribution is 7.80. The van der Waals surface area contributed by atoms with Crippen molar-refractivity contribution in [3.63, 3.8) is 0 Å². The molecule has 2 aromatic carbocycles. The summed E-state index contributed by atoms with van der Waals surface area (Å²) in [7, 11) is 0. The van der Waals surface area contributed by atoms with Crippen LogP contribution in [0.1, 0.15) is 5.56 Å². The molecule has 0 aliphatic heterocycles. The minimum atomic E-state index is -0.446. The Labute approximate surface area is 126 Å². The zero-order valence-electron chi connectivity index (χ0n) is 10.9. The molecule has 2 aromatic rings. The van der Waals surface area contributed by atoms with Crippen LogP contribution in [0.3, 0.4) is 0 Å². The van der Waals surface area contributed by atoms with E-state index < -0.39 is 4.92 Å². The molecule has 0 fully saturated rings. The van der Waals surface area contributed by atoms with E-state index in [0.29, 0.717) is 5.11 Å². The lowest BCUT2D eigenvalue weighted by Gasteiger charge is -2.05. The molecular formula is C14H12N4O2S. The van der Waals surface area contributed by atoms with E-state index in [4.69, 9.17) is 12.2 Å². The summed E-state index contributed by atoms with van der Waals surface area (Å²) in [6.45, 7) is 0. The second-order valence-corrected chi connectivity index (χ2v) is 4.45. The first kappa shape index (κ1) is 14.6. The lowest BCUT2D eigenvalue weighted by Crippen LogP contribution is -2.23. The van der Waals surface area contributed by atoms with Crippen LogP contribution < -0.4 is 10.7 Å². The Balaban J connectivity index is 1.87. The smallest absolute Gasteiger partial charge is 0.269 e. The molecule has 0 aliphatic carbocycles. The maximum absolute atomic E-state index is 10.5. The van der Waals surface area contributed by atoms with Gasteiger partial charge in [-0.1, -0.05) is 18.2 Å². The molecule has 106 valence electrons. The van der Waals surface area contributed by atoms with E-state index in [-0.39, 0.29) is 5.69 Å². The Bertz CT molecular complexity index is 656. The number of nitrogens with one attached hydrogen (secondary N) is 2. The lowest BCUT2D eigenvalue weighted by atomic mass is 10.2. The Hall–Kier alpha value is -2.80. The maximum Gasteiger partial charge on any atom is 0.269 e. The van der Waals surface area contributed by atoms with Gasteiger partial charge < -0.3 is 5.32 Å². The summed E-state index contributed by atoms with van der Waals surface area (Å²) in [6, 6.07) is 15.5. The van der Waals surface area contributed by atoms with Crippen LogP contribution in [0.15, 0.2) is 59.7 Å². The lowest BCUT2D eigenvalue weighted by molar-refractivity contribution is -0.384. The number of benzene rings is 2. The molecule has 21 heavy (non-hydrogen) atoms. The van der Waals surface area contributed by atoms with E-state index in [9.17, 15) is 10.1 Å². The van der Waals surface area contributed by atoms with E-state index in [1.54, 1.807) is 12.1 Å². The largest absolute Gasteiger partial charge is 0.331 e. The highest BCUT2D eigenvalue weighted by Crippen LogP contribution is 2.10.